The van der Waals surface area contributed by atoms with Crippen LogP contribution < -0.4 is 5.32 Å². The molecule has 1 N–H and O–H groups in total. The van der Waals surface area contributed by atoms with E-state index in [0.29, 0.717) is 0 Å². The molecule has 0 aliphatic carbocycles. The molecular formula is C16H23ClN4. The van der Waals surface area contributed by atoms with Gasteiger partial charge >= 0.3 is 0 Å². The van der Waals surface area contributed by atoms with Gasteiger partial charge in [0.1, 0.15) is 0 Å². The first-order valence-electron chi connectivity index (χ1n) is 7.45. The molecule has 0 saturated heterocycles. The van der Waals surface area contributed by atoms with Crippen LogP contribution in [-0.4, -0.2) is 21.8 Å². The molecule has 1 atom stereocenters. The molecule has 0 fully saturated rings. The van der Waals surface area contributed by atoms with Crippen molar-refractivity contribution in [3.8, 4) is 0 Å². The number of rotatable bonds is 6. The van der Waals surface area contributed by atoms with Crippen molar-refractivity contribution in [2.45, 2.75) is 46.2 Å². The summed E-state index contributed by atoms with van der Waals surface area (Å²) in [5, 5.41) is 8.72. The second-order valence-electron chi connectivity index (χ2n) is 5.13. The molecule has 5 heteroatoms. The monoisotopic (exact) mass is 306 g/mol. The van der Waals surface area contributed by atoms with Crippen LogP contribution in [0, 0.1) is 6.92 Å². The Balaban J connectivity index is 2.32. The lowest BCUT2D eigenvalue weighted by molar-refractivity contribution is 0.530. The molecule has 0 spiro atoms. The molecule has 0 saturated carbocycles. The largest absolute Gasteiger partial charge is 0.311 e. The quantitative estimate of drug-likeness (QED) is 0.890. The maximum absolute atomic E-state index is 6.50. The Morgan fingerprint density at radius 2 is 2.10 bits per heavy atom. The normalized spacial score (nSPS) is 12.6. The summed E-state index contributed by atoms with van der Waals surface area (Å²) >= 11 is 6.50. The van der Waals surface area contributed by atoms with E-state index in [1.807, 2.05) is 30.8 Å². The first kappa shape index (κ1) is 16.0. The number of nitrogens with one attached hydrogen (secondary N) is 1. The Bertz CT molecular complexity index is 606. The molecule has 1 unspecified atom stereocenters. The SMILES string of the molecule is CCc1nn(CC)c(CC(NC)c2cccc(C)n2)c1Cl. The fourth-order valence-corrected chi connectivity index (χ4v) is 2.86. The number of likely N-dealkylation sites (N-methyl/N-ethyl adjacent to an activating group) is 1. The standard InChI is InChI=1S/C16H23ClN4/c1-5-12-16(17)15(21(6-2)20-12)10-14(18-4)13-9-7-8-11(3)19-13/h7-9,14,18H,5-6,10H2,1-4H3. The lowest BCUT2D eigenvalue weighted by atomic mass is 10.1. The van der Waals surface area contributed by atoms with Gasteiger partial charge in [-0.1, -0.05) is 24.6 Å². The minimum atomic E-state index is 0.133. The molecule has 2 rings (SSSR count). The maximum atomic E-state index is 6.50. The summed E-state index contributed by atoms with van der Waals surface area (Å²) in [5.74, 6) is 0. The number of hydrogen-bond donors (Lipinski definition) is 1. The summed E-state index contributed by atoms with van der Waals surface area (Å²) in [6.07, 6.45) is 1.64. The lowest BCUT2D eigenvalue weighted by Crippen LogP contribution is -2.22. The minimum Gasteiger partial charge on any atom is -0.311 e. The molecule has 21 heavy (non-hydrogen) atoms. The molecule has 4 nitrogen and oxygen atoms in total. The number of aromatic nitrogens is 3. The van der Waals surface area contributed by atoms with E-state index in [1.54, 1.807) is 0 Å². The van der Waals surface area contributed by atoms with E-state index in [2.05, 4.69) is 35.3 Å². The smallest absolute Gasteiger partial charge is 0.0850 e. The van der Waals surface area contributed by atoms with Gasteiger partial charge in [0.15, 0.2) is 0 Å². The van der Waals surface area contributed by atoms with Crippen LogP contribution in [0.4, 0.5) is 0 Å². The van der Waals surface area contributed by atoms with E-state index in [0.717, 1.165) is 47.2 Å². The van der Waals surface area contributed by atoms with Crippen LogP contribution in [0.15, 0.2) is 18.2 Å². The zero-order valence-corrected chi connectivity index (χ0v) is 13.9. The topological polar surface area (TPSA) is 42.7 Å². The van der Waals surface area contributed by atoms with Gasteiger partial charge in [-0.2, -0.15) is 5.10 Å². The maximum Gasteiger partial charge on any atom is 0.0850 e. The van der Waals surface area contributed by atoms with Gasteiger partial charge in [0.2, 0.25) is 0 Å². The number of halogens is 1. The van der Waals surface area contributed by atoms with E-state index in [1.165, 1.54) is 0 Å². The third-order valence-electron chi connectivity index (χ3n) is 3.71. The van der Waals surface area contributed by atoms with E-state index in [9.17, 15) is 0 Å². The van der Waals surface area contributed by atoms with Crippen molar-refractivity contribution in [2.24, 2.45) is 0 Å². The fourth-order valence-electron chi connectivity index (χ4n) is 2.52. The highest BCUT2D eigenvalue weighted by molar-refractivity contribution is 6.31. The fraction of sp³-hybridized carbons (Fsp3) is 0.500. The highest BCUT2D eigenvalue weighted by atomic mass is 35.5. The van der Waals surface area contributed by atoms with E-state index in [4.69, 9.17) is 11.6 Å². The van der Waals surface area contributed by atoms with Crippen molar-refractivity contribution in [1.82, 2.24) is 20.1 Å². The molecule has 114 valence electrons. The van der Waals surface area contributed by atoms with Gasteiger partial charge in [0.25, 0.3) is 0 Å². The van der Waals surface area contributed by atoms with Gasteiger partial charge in [-0.25, -0.2) is 0 Å². The molecule has 0 aromatic carbocycles. The van der Waals surface area contributed by atoms with Crippen molar-refractivity contribution >= 4 is 11.6 Å². The molecule has 0 bridgehead atoms. The van der Waals surface area contributed by atoms with Gasteiger partial charge in [0, 0.05) is 18.7 Å². The average Bonchev–Trinajstić information content (AvgIpc) is 2.80. The second kappa shape index (κ2) is 7.05. The van der Waals surface area contributed by atoms with Gasteiger partial charge in [-0.3, -0.25) is 9.67 Å². The van der Waals surface area contributed by atoms with Crippen molar-refractivity contribution in [3.05, 3.63) is 46.0 Å². The zero-order valence-electron chi connectivity index (χ0n) is 13.2. The molecule has 2 aromatic rings. The van der Waals surface area contributed by atoms with E-state index >= 15 is 0 Å². The van der Waals surface area contributed by atoms with E-state index in [-0.39, 0.29) is 6.04 Å². The predicted octanol–water partition coefficient (Wildman–Crippen LogP) is 3.33. The Morgan fingerprint density at radius 1 is 1.33 bits per heavy atom. The number of nitrogens with zero attached hydrogens (tertiary/aromatic N) is 3. The highest BCUT2D eigenvalue weighted by Crippen LogP contribution is 2.26. The van der Waals surface area contributed by atoms with Gasteiger partial charge < -0.3 is 5.32 Å². The highest BCUT2D eigenvalue weighted by Gasteiger charge is 2.20. The Morgan fingerprint density at radius 3 is 2.67 bits per heavy atom. The number of aryl methyl sites for hydroxylation is 3. The second-order valence-corrected chi connectivity index (χ2v) is 5.50. The van der Waals surface area contributed by atoms with Crippen molar-refractivity contribution < 1.29 is 0 Å². The van der Waals surface area contributed by atoms with Gasteiger partial charge in [0.05, 0.1) is 28.1 Å². The van der Waals surface area contributed by atoms with Gasteiger partial charge in [-0.05, 0) is 39.4 Å². The Hall–Kier alpha value is -1.39. The summed E-state index contributed by atoms with van der Waals surface area (Å²) in [6.45, 7) is 7.00. The van der Waals surface area contributed by atoms with Crippen molar-refractivity contribution in [3.63, 3.8) is 0 Å². The summed E-state index contributed by atoms with van der Waals surface area (Å²) < 4.78 is 2.00. The molecule has 0 aliphatic rings. The summed E-state index contributed by atoms with van der Waals surface area (Å²) in [7, 11) is 1.95. The molecule has 0 aliphatic heterocycles. The van der Waals surface area contributed by atoms with Gasteiger partial charge in [-0.15, -0.1) is 0 Å². The summed E-state index contributed by atoms with van der Waals surface area (Å²) in [6, 6.07) is 6.23. The van der Waals surface area contributed by atoms with Crippen LogP contribution in [0.5, 0.6) is 0 Å². The molecule has 0 radical (unpaired) electrons. The molecule has 2 aromatic heterocycles. The van der Waals surface area contributed by atoms with E-state index < -0.39 is 0 Å². The average molecular weight is 307 g/mol. The number of pyridine rings is 1. The van der Waals surface area contributed by atoms with Crippen LogP contribution in [-0.2, 0) is 19.4 Å². The minimum absolute atomic E-state index is 0.133. The molecule has 0 amide bonds. The Kier molecular flexibility index (Phi) is 5.37. The van der Waals surface area contributed by atoms with Crippen LogP contribution in [0.25, 0.3) is 0 Å². The van der Waals surface area contributed by atoms with Crippen molar-refractivity contribution in [1.29, 1.82) is 0 Å². The summed E-state index contributed by atoms with van der Waals surface area (Å²) in [5.41, 5.74) is 4.12. The lowest BCUT2D eigenvalue weighted by Gasteiger charge is -2.17. The van der Waals surface area contributed by atoms with Crippen LogP contribution >= 0.6 is 11.6 Å². The molecule has 2 heterocycles. The summed E-state index contributed by atoms with van der Waals surface area (Å²) in [4.78, 5) is 4.62. The predicted molar refractivity (Wildman–Crippen MR) is 86.8 cm³/mol. The van der Waals surface area contributed by atoms with Crippen LogP contribution in [0.2, 0.25) is 5.02 Å². The molecular weight excluding hydrogens is 284 g/mol. The van der Waals surface area contributed by atoms with Crippen LogP contribution in [0.3, 0.4) is 0 Å². The third-order valence-corrected chi connectivity index (χ3v) is 4.14. The first-order valence-corrected chi connectivity index (χ1v) is 7.83. The third kappa shape index (κ3) is 3.44. The first-order chi connectivity index (χ1) is 10.1. The van der Waals surface area contributed by atoms with Crippen LogP contribution in [0.1, 0.15) is 42.7 Å². The Labute approximate surface area is 131 Å². The van der Waals surface area contributed by atoms with Crippen molar-refractivity contribution in [2.75, 3.05) is 7.05 Å². The number of hydrogen-bond acceptors (Lipinski definition) is 3. The zero-order chi connectivity index (χ0) is 15.4.